The fourth-order valence-corrected chi connectivity index (χ4v) is 3.97. The normalized spacial score (nSPS) is 14.9. The van der Waals surface area contributed by atoms with Gasteiger partial charge >= 0.3 is 29.2 Å². The lowest BCUT2D eigenvalue weighted by Gasteiger charge is -2.31. The molecule has 15 heteroatoms. The lowest BCUT2D eigenvalue weighted by Crippen LogP contribution is -2.54. The number of aryl methyl sites for hydroxylation is 1. The fourth-order valence-electron chi connectivity index (χ4n) is 3.14. The molecule has 1 aromatic rings. The van der Waals surface area contributed by atoms with Gasteiger partial charge in [-0.05, 0) is 39.0 Å². The summed E-state index contributed by atoms with van der Waals surface area (Å²) >= 11 is 0.613. The summed E-state index contributed by atoms with van der Waals surface area (Å²) in [6.45, 7) is 8.29. The van der Waals surface area contributed by atoms with E-state index in [-0.39, 0.29) is 24.7 Å². The van der Waals surface area contributed by atoms with E-state index in [1.165, 1.54) is 20.8 Å². The number of amides is 1. The smallest absolute Gasteiger partial charge is 0.464 e. The van der Waals surface area contributed by atoms with E-state index in [0.717, 1.165) is 20.0 Å². The first-order valence-electron chi connectivity index (χ1n) is 11.5. The van der Waals surface area contributed by atoms with Gasteiger partial charge in [0.2, 0.25) is 6.79 Å². The van der Waals surface area contributed by atoms with Crippen molar-refractivity contribution in [3.63, 3.8) is 0 Å². The highest BCUT2D eigenvalue weighted by atomic mass is 32.2. The maximum atomic E-state index is 12.9. The summed E-state index contributed by atoms with van der Waals surface area (Å²) in [6.07, 6.45) is -0.505. The van der Waals surface area contributed by atoms with E-state index in [9.17, 15) is 24.0 Å². The molecule has 1 atom stereocenters. The van der Waals surface area contributed by atoms with Gasteiger partial charge in [-0.15, -0.1) is 0 Å². The first-order chi connectivity index (χ1) is 17.5. The molecule has 1 amide bonds. The first kappa shape index (κ1) is 30.2. The summed E-state index contributed by atoms with van der Waals surface area (Å²) in [5, 5.41) is 1.54. The minimum Gasteiger partial charge on any atom is -0.464 e. The molecule has 0 spiro atoms. The molecule has 37 heavy (non-hydrogen) atoms. The monoisotopic (exact) mass is 548 g/mol. The van der Waals surface area contributed by atoms with Crippen LogP contribution < -0.4 is 11.1 Å². The predicted molar refractivity (Wildman–Crippen MR) is 127 cm³/mol. The van der Waals surface area contributed by atoms with Crippen molar-refractivity contribution in [3.05, 3.63) is 22.1 Å². The van der Waals surface area contributed by atoms with Crippen LogP contribution in [0.25, 0.3) is 0 Å². The van der Waals surface area contributed by atoms with E-state index in [0.29, 0.717) is 37.9 Å². The largest absolute Gasteiger partial charge is 0.519 e. The number of thioether (sulfide) groups is 1. The lowest BCUT2D eigenvalue weighted by atomic mass is 10.0. The molecular formula is C22H32N2O12S. The molecule has 0 bridgehead atoms. The summed E-state index contributed by atoms with van der Waals surface area (Å²) in [6, 6.07) is -1.34. The Hall–Kier alpha value is -3.04. The molecular weight excluding hydrogens is 516 g/mol. The molecule has 1 N–H and O–H groups in total. The highest BCUT2D eigenvalue weighted by Crippen LogP contribution is 2.31. The third-order valence-corrected chi connectivity index (χ3v) is 6.16. The quantitative estimate of drug-likeness (QED) is 0.172. The Morgan fingerprint density at radius 2 is 1.78 bits per heavy atom. The number of ether oxygens (including phenoxy) is 5. The number of alkyl carbamates (subject to hydrolysis) is 1. The zero-order chi connectivity index (χ0) is 27.4. The van der Waals surface area contributed by atoms with E-state index in [1.54, 1.807) is 0 Å². The van der Waals surface area contributed by atoms with Crippen molar-refractivity contribution in [2.75, 3.05) is 46.2 Å². The zero-order valence-electron chi connectivity index (χ0n) is 21.2. The molecule has 1 aliphatic heterocycles. The van der Waals surface area contributed by atoms with Gasteiger partial charge in [0, 0.05) is 26.6 Å². The molecule has 1 aliphatic rings. The van der Waals surface area contributed by atoms with Crippen LogP contribution in [0.4, 0.5) is 9.59 Å². The number of hydrogen-bond acceptors (Lipinski definition) is 14. The second kappa shape index (κ2) is 14.6. The molecule has 0 aromatic carbocycles. The van der Waals surface area contributed by atoms with Crippen LogP contribution in [-0.4, -0.2) is 85.3 Å². The molecule has 2 heterocycles. The van der Waals surface area contributed by atoms with Crippen molar-refractivity contribution in [1.82, 2.24) is 10.2 Å². The Labute approximate surface area is 217 Å². The van der Waals surface area contributed by atoms with Crippen LogP contribution in [0.2, 0.25) is 0 Å². The average molecular weight is 549 g/mol. The van der Waals surface area contributed by atoms with Gasteiger partial charge in [-0.3, -0.25) is 9.69 Å². The molecule has 0 unspecified atom stereocenters. The second-order valence-corrected chi connectivity index (χ2v) is 10.0. The third-order valence-electron chi connectivity index (χ3n) is 5.12. The van der Waals surface area contributed by atoms with Gasteiger partial charge in [0.1, 0.15) is 6.04 Å². The Morgan fingerprint density at radius 1 is 1.08 bits per heavy atom. The fraction of sp³-hybridized carbons (Fsp3) is 0.682. The van der Waals surface area contributed by atoms with Gasteiger partial charge in [0.05, 0.1) is 24.6 Å². The summed E-state index contributed by atoms with van der Waals surface area (Å²) in [5.41, 5.74) is 0. The predicted octanol–water partition coefficient (Wildman–Crippen LogP) is 1.57. The van der Waals surface area contributed by atoms with Crippen LogP contribution >= 0.6 is 11.8 Å². The van der Waals surface area contributed by atoms with Gasteiger partial charge in [-0.1, -0.05) is 0 Å². The first-order valence-corrected chi connectivity index (χ1v) is 12.3. The van der Waals surface area contributed by atoms with E-state index in [1.807, 2.05) is 0 Å². The van der Waals surface area contributed by atoms with Gasteiger partial charge < -0.3 is 37.8 Å². The number of esters is 2. The molecule has 0 aliphatic carbocycles. The van der Waals surface area contributed by atoms with Gasteiger partial charge in [0.25, 0.3) is 0 Å². The minimum atomic E-state index is -1.34. The Bertz CT molecular complexity index is 983. The van der Waals surface area contributed by atoms with Crippen molar-refractivity contribution in [2.45, 2.75) is 51.5 Å². The van der Waals surface area contributed by atoms with Gasteiger partial charge in [0.15, 0.2) is 18.1 Å². The summed E-state index contributed by atoms with van der Waals surface area (Å²) in [4.78, 5) is 61.8. The standard InChI is InChI=1S/C22H32N2O12S/c1-14-16(36-20(28)35-14)12-32-21(29)37-22(3,4)17(23-19(27)34-13-33-15(2)25)18(26)31-9-5-6-24-7-10-30-11-8-24/h17H,5-13H2,1-4H3,(H,23,27)/t17-/m0/s1. The van der Waals surface area contributed by atoms with Crippen LogP contribution in [0.5, 0.6) is 0 Å². The average Bonchev–Trinajstić information content (AvgIpc) is 3.15. The summed E-state index contributed by atoms with van der Waals surface area (Å²) < 4.78 is 33.3. The van der Waals surface area contributed by atoms with Crippen molar-refractivity contribution >= 4 is 35.1 Å². The SMILES string of the molecule is CC(=O)OCOC(=O)N[C@@H](C(=O)OCCCN1CCOCC1)C(C)(C)SC(=O)OCc1oc(=O)oc1C. The molecule has 2 rings (SSSR count). The molecule has 0 saturated carbocycles. The maximum absolute atomic E-state index is 12.9. The number of nitrogens with zero attached hydrogens (tertiary/aromatic N) is 1. The highest BCUT2D eigenvalue weighted by molar-refractivity contribution is 8.14. The summed E-state index contributed by atoms with van der Waals surface area (Å²) in [7, 11) is 0. The molecule has 1 saturated heterocycles. The lowest BCUT2D eigenvalue weighted by molar-refractivity contribution is -0.151. The van der Waals surface area contributed by atoms with Gasteiger partial charge in [-0.25, -0.2) is 19.2 Å². The van der Waals surface area contributed by atoms with E-state index >= 15 is 0 Å². The highest BCUT2D eigenvalue weighted by Gasteiger charge is 2.41. The zero-order valence-corrected chi connectivity index (χ0v) is 22.0. The second-order valence-electron chi connectivity index (χ2n) is 8.42. The molecule has 208 valence electrons. The van der Waals surface area contributed by atoms with E-state index in [4.69, 9.17) is 27.8 Å². The van der Waals surface area contributed by atoms with Crippen molar-refractivity contribution in [2.24, 2.45) is 0 Å². The Morgan fingerprint density at radius 3 is 2.41 bits per heavy atom. The number of carbonyl (C=O) groups excluding carboxylic acids is 4. The topological polar surface area (TPSA) is 173 Å². The summed E-state index contributed by atoms with van der Waals surface area (Å²) in [5.74, 6) is -2.18. The van der Waals surface area contributed by atoms with Crippen molar-refractivity contribution < 1.29 is 51.7 Å². The number of carbonyl (C=O) groups is 4. The van der Waals surface area contributed by atoms with Gasteiger partial charge in [-0.2, -0.15) is 0 Å². The Kier molecular flexibility index (Phi) is 11.9. The number of rotatable bonds is 12. The molecule has 14 nitrogen and oxygen atoms in total. The van der Waals surface area contributed by atoms with Crippen LogP contribution in [0.3, 0.4) is 0 Å². The number of morpholine rings is 1. The number of nitrogens with one attached hydrogen (secondary N) is 1. The van der Waals surface area contributed by atoms with Crippen LogP contribution in [-0.2, 0) is 39.9 Å². The molecule has 1 fully saturated rings. The molecule has 0 radical (unpaired) electrons. The van der Waals surface area contributed by atoms with E-state index in [2.05, 4.69) is 15.0 Å². The minimum absolute atomic E-state index is 0.0418. The maximum Gasteiger partial charge on any atom is 0.519 e. The Balaban J connectivity index is 1.96. The molecule has 1 aromatic heterocycles. The van der Waals surface area contributed by atoms with E-state index < -0.39 is 46.7 Å². The number of hydrogen-bond donors (Lipinski definition) is 1. The van der Waals surface area contributed by atoms with Crippen LogP contribution in [0.1, 0.15) is 38.7 Å². The third kappa shape index (κ3) is 10.9. The van der Waals surface area contributed by atoms with Crippen LogP contribution in [0, 0.1) is 6.92 Å². The van der Waals surface area contributed by atoms with Crippen LogP contribution in [0.15, 0.2) is 13.6 Å². The van der Waals surface area contributed by atoms with Crippen molar-refractivity contribution in [1.29, 1.82) is 0 Å². The van der Waals surface area contributed by atoms with Crippen molar-refractivity contribution in [3.8, 4) is 0 Å².